The van der Waals surface area contributed by atoms with Gasteiger partial charge in [-0.15, -0.1) is 0 Å². The van der Waals surface area contributed by atoms with Crippen LogP contribution in [0.2, 0.25) is 5.02 Å². The molecule has 0 unspecified atom stereocenters. The van der Waals surface area contributed by atoms with E-state index in [0.29, 0.717) is 17.0 Å². The van der Waals surface area contributed by atoms with E-state index in [1.165, 1.54) is 0 Å². The summed E-state index contributed by atoms with van der Waals surface area (Å²) < 4.78 is 0. The van der Waals surface area contributed by atoms with Crippen LogP contribution in [0.5, 0.6) is 0 Å². The van der Waals surface area contributed by atoms with E-state index >= 15 is 0 Å². The summed E-state index contributed by atoms with van der Waals surface area (Å²) in [5.41, 5.74) is 2.64. The van der Waals surface area contributed by atoms with Crippen molar-refractivity contribution in [3.8, 4) is 0 Å². The zero-order valence-corrected chi connectivity index (χ0v) is 9.90. The number of hydrogen-bond acceptors (Lipinski definition) is 1. The van der Waals surface area contributed by atoms with Gasteiger partial charge < -0.3 is 0 Å². The maximum atomic E-state index is 11.8. The van der Waals surface area contributed by atoms with Gasteiger partial charge in [0.1, 0.15) is 0 Å². The molecule has 0 saturated heterocycles. The van der Waals surface area contributed by atoms with E-state index in [4.69, 9.17) is 11.6 Å². The van der Waals surface area contributed by atoms with Gasteiger partial charge >= 0.3 is 0 Å². The predicted molar refractivity (Wildman–Crippen MR) is 64.6 cm³/mol. The van der Waals surface area contributed by atoms with E-state index in [9.17, 15) is 4.79 Å². The summed E-state index contributed by atoms with van der Waals surface area (Å²) in [4.78, 5) is 11.8. The first kappa shape index (κ1) is 12.0. The highest BCUT2D eigenvalue weighted by Crippen LogP contribution is 2.17. The van der Waals surface area contributed by atoms with Gasteiger partial charge in [0.05, 0.1) is 0 Å². The van der Waals surface area contributed by atoms with Crippen LogP contribution in [0.15, 0.2) is 30.4 Å². The van der Waals surface area contributed by atoms with Gasteiger partial charge in [-0.1, -0.05) is 30.7 Å². The number of ketones is 1. The van der Waals surface area contributed by atoms with Crippen LogP contribution in [-0.2, 0) is 0 Å². The molecule has 1 aromatic rings. The first-order chi connectivity index (χ1) is 7.02. The smallest absolute Gasteiger partial charge is 0.166 e. The van der Waals surface area contributed by atoms with E-state index in [1.807, 2.05) is 26.0 Å². The number of carbonyl (C=O) groups is 1. The van der Waals surface area contributed by atoms with E-state index in [-0.39, 0.29) is 5.78 Å². The molecule has 2 heteroatoms. The first-order valence-corrected chi connectivity index (χ1v) is 5.37. The lowest BCUT2D eigenvalue weighted by atomic mass is 10.0. The van der Waals surface area contributed by atoms with Crippen LogP contribution in [0.4, 0.5) is 0 Å². The molecule has 1 rings (SSSR count). The minimum absolute atomic E-state index is 0.0902. The van der Waals surface area contributed by atoms with Crippen molar-refractivity contribution in [2.75, 3.05) is 0 Å². The second-order valence-electron chi connectivity index (χ2n) is 3.72. The number of hydrogen-bond donors (Lipinski definition) is 0. The molecule has 0 heterocycles. The maximum Gasteiger partial charge on any atom is 0.166 e. The van der Waals surface area contributed by atoms with Gasteiger partial charge in [0.2, 0.25) is 0 Å². The molecular weight excluding hydrogens is 208 g/mol. The molecule has 0 N–H and O–H groups in total. The Morgan fingerprint density at radius 2 is 2.07 bits per heavy atom. The number of carbonyl (C=O) groups excluding carboxylic acids is 1. The van der Waals surface area contributed by atoms with Gasteiger partial charge in [-0.25, -0.2) is 0 Å². The summed E-state index contributed by atoms with van der Waals surface area (Å²) >= 11 is 5.89. The van der Waals surface area contributed by atoms with Gasteiger partial charge in [-0.05, 0) is 37.1 Å². The van der Waals surface area contributed by atoms with Crippen LogP contribution >= 0.6 is 11.6 Å². The molecule has 0 aromatic heterocycles. The molecule has 0 saturated carbocycles. The third-order valence-corrected chi connectivity index (χ3v) is 2.49. The average Bonchev–Trinajstić information content (AvgIpc) is 2.16. The third-order valence-electron chi connectivity index (χ3n) is 2.27. The quantitative estimate of drug-likeness (QED) is 0.552. The molecular formula is C13H15ClO. The summed E-state index contributed by atoms with van der Waals surface area (Å²) in [5, 5.41) is 0.612. The Kier molecular flexibility index (Phi) is 4.10. The lowest BCUT2D eigenvalue weighted by Gasteiger charge is -2.04. The van der Waals surface area contributed by atoms with Crippen molar-refractivity contribution in [1.29, 1.82) is 0 Å². The number of benzene rings is 1. The Morgan fingerprint density at radius 3 is 2.60 bits per heavy atom. The Morgan fingerprint density at radius 1 is 1.40 bits per heavy atom. The highest BCUT2D eigenvalue weighted by molar-refractivity contribution is 6.31. The van der Waals surface area contributed by atoms with Crippen LogP contribution in [0.25, 0.3) is 0 Å². The number of Topliss-reactive ketones (excluding diaryl/α,β-unsaturated/α-hetero) is 1. The van der Waals surface area contributed by atoms with Crippen LogP contribution in [0.3, 0.4) is 0 Å². The minimum atomic E-state index is 0.0902. The monoisotopic (exact) mass is 222 g/mol. The standard InChI is InChI=1S/C13H15ClO/c1-4-9(2)7-13(15)11-5-10(3)6-12(14)8-11/h5-6,8H,2,4,7H2,1,3H3. The fraction of sp³-hybridized carbons (Fsp3) is 0.308. The van der Waals surface area contributed by atoms with Gasteiger partial charge in [0.15, 0.2) is 5.78 Å². The largest absolute Gasteiger partial charge is 0.294 e. The molecule has 1 nitrogen and oxygen atoms in total. The van der Waals surface area contributed by atoms with E-state index in [0.717, 1.165) is 17.6 Å². The van der Waals surface area contributed by atoms with Crippen LogP contribution < -0.4 is 0 Å². The Bertz CT molecular complexity index is 373. The van der Waals surface area contributed by atoms with Crippen molar-refractivity contribution in [2.24, 2.45) is 0 Å². The molecule has 80 valence electrons. The normalized spacial score (nSPS) is 10.1. The number of halogens is 1. The van der Waals surface area contributed by atoms with Crippen molar-refractivity contribution in [1.82, 2.24) is 0 Å². The molecule has 0 spiro atoms. The first-order valence-electron chi connectivity index (χ1n) is 5.00. The fourth-order valence-corrected chi connectivity index (χ4v) is 1.64. The molecule has 0 radical (unpaired) electrons. The maximum absolute atomic E-state index is 11.8. The summed E-state index contributed by atoms with van der Waals surface area (Å²) in [6.07, 6.45) is 1.25. The predicted octanol–water partition coefficient (Wildman–Crippen LogP) is 4.19. The minimum Gasteiger partial charge on any atom is -0.294 e. The topological polar surface area (TPSA) is 17.1 Å². The van der Waals surface area contributed by atoms with E-state index < -0.39 is 0 Å². The van der Waals surface area contributed by atoms with Gasteiger partial charge in [-0.2, -0.15) is 0 Å². The summed E-state index contributed by atoms with van der Waals surface area (Å²) in [6.45, 7) is 7.76. The molecule has 0 bridgehead atoms. The molecule has 15 heavy (non-hydrogen) atoms. The van der Waals surface area contributed by atoms with Crippen molar-refractivity contribution in [2.45, 2.75) is 26.7 Å². The molecule has 0 aliphatic rings. The van der Waals surface area contributed by atoms with Gasteiger partial charge in [-0.3, -0.25) is 4.79 Å². The number of rotatable bonds is 4. The van der Waals surface area contributed by atoms with Crippen LogP contribution in [-0.4, -0.2) is 5.78 Å². The summed E-state index contributed by atoms with van der Waals surface area (Å²) in [7, 11) is 0. The lowest BCUT2D eigenvalue weighted by Crippen LogP contribution is -2.00. The summed E-state index contributed by atoms with van der Waals surface area (Å²) in [6, 6.07) is 5.41. The van der Waals surface area contributed by atoms with Crippen molar-refractivity contribution in [3.63, 3.8) is 0 Å². The molecule has 0 amide bonds. The van der Waals surface area contributed by atoms with Crippen molar-refractivity contribution >= 4 is 17.4 Å². The van der Waals surface area contributed by atoms with Crippen molar-refractivity contribution < 1.29 is 4.79 Å². The molecule has 0 fully saturated rings. The Hall–Kier alpha value is -1.08. The van der Waals surface area contributed by atoms with Gasteiger partial charge in [0.25, 0.3) is 0 Å². The van der Waals surface area contributed by atoms with E-state index in [2.05, 4.69) is 6.58 Å². The zero-order chi connectivity index (χ0) is 11.4. The fourth-order valence-electron chi connectivity index (χ4n) is 1.35. The van der Waals surface area contributed by atoms with Crippen molar-refractivity contribution in [3.05, 3.63) is 46.5 Å². The second kappa shape index (κ2) is 5.13. The highest BCUT2D eigenvalue weighted by atomic mass is 35.5. The highest BCUT2D eigenvalue weighted by Gasteiger charge is 2.08. The van der Waals surface area contributed by atoms with Crippen LogP contribution in [0.1, 0.15) is 35.7 Å². The third kappa shape index (κ3) is 3.52. The number of aryl methyl sites for hydroxylation is 1. The molecule has 0 aliphatic carbocycles. The van der Waals surface area contributed by atoms with E-state index in [1.54, 1.807) is 6.07 Å². The SMILES string of the molecule is C=C(CC)CC(=O)c1cc(C)cc(Cl)c1. The van der Waals surface area contributed by atoms with Crippen LogP contribution in [0, 0.1) is 6.92 Å². The van der Waals surface area contributed by atoms with Gasteiger partial charge in [0, 0.05) is 17.0 Å². The molecule has 0 atom stereocenters. The number of allylic oxidation sites excluding steroid dienone is 1. The molecule has 1 aromatic carbocycles. The average molecular weight is 223 g/mol. The summed E-state index contributed by atoms with van der Waals surface area (Å²) in [5.74, 6) is 0.0902. The molecule has 0 aliphatic heterocycles. The zero-order valence-electron chi connectivity index (χ0n) is 9.14. The second-order valence-corrected chi connectivity index (χ2v) is 4.16. The Labute approximate surface area is 95.8 Å². The lowest BCUT2D eigenvalue weighted by molar-refractivity contribution is 0.0992. The Balaban J connectivity index is 2.86.